The Bertz CT molecular complexity index is 247. The summed E-state index contributed by atoms with van der Waals surface area (Å²) in [7, 11) is 3.52. The van der Waals surface area contributed by atoms with Crippen molar-refractivity contribution >= 4 is 0 Å². The monoisotopic (exact) mass is 272 g/mol. The third kappa shape index (κ3) is 4.13. The molecule has 19 heavy (non-hydrogen) atoms. The molecule has 0 radical (unpaired) electrons. The Labute approximate surface area is 116 Å². The molecule has 5 heteroatoms. The first kappa shape index (κ1) is 15.2. The summed E-state index contributed by atoms with van der Waals surface area (Å²) < 4.78 is 16.6. The van der Waals surface area contributed by atoms with E-state index in [2.05, 4.69) is 17.1 Å². The minimum Gasteiger partial charge on any atom is -0.377 e. The molecule has 0 amide bonds. The maximum absolute atomic E-state index is 5.69. The summed E-state index contributed by atoms with van der Waals surface area (Å²) in [4.78, 5) is 2.40. The Morgan fingerprint density at radius 3 is 2.47 bits per heavy atom. The molecule has 2 heterocycles. The largest absolute Gasteiger partial charge is 0.377 e. The number of nitrogens with one attached hydrogen (secondary N) is 1. The van der Waals surface area contributed by atoms with Gasteiger partial charge in [0, 0.05) is 53.0 Å². The van der Waals surface area contributed by atoms with Crippen molar-refractivity contribution in [3.63, 3.8) is 0 Å². The van der Waals surface area contributed by atoms with Gasteiger partial charge in [0.15, 0.2) is 0 Å². The minimum atomic E-state index is 0.209. The molecule has 2 rings (SSSR count). The van der Waals surface area contributed by atoms with Gasteiger partial charge in [0.25, 0.3) is 0 Å². The fourth-order valence-corrected chi connectivity index (χ4v) is 3.03. The number of hydrogen-bond acceptors (Lipinski definition) is 5. The molecule has 0 aromatic carbocycles. The predicted molar refractivity (Wildman–Crippen MR) is 74.5 cm³/mol. The number of hydrogen-bond donors (Lipinski definition) is 1. The van der Waals surface area contributed by atoms with Crippen LogP contribution in [0.25, 0.3) is 0 Å². The number of likely N-dealkylation sites (tertiary alicyclic amines) is 1. The first-order chi connectivity index (χ1) is 9.24. The molecular weight excluding hydrogens is 244 g/mol. The average Bonchev–Trinajstić information content (AvgIpc) is 3.07. The second kappa shape index (κ2) is 7.55. The SMILES string of the molecule is COC1CN(CCNC(C)C2CCCO2)CC1OC. The molecule has 2 aliphatic rings. The molecule has 0 spiro atoms. The first-order valence-electron chi connectivity index (χ1n) is 7.37. The standard InChI is InChI=1S/C14H28N2O3/c1-11(12-5-4-8-19-12)15-6-7-16-9-13(17-2)14(10-16)18-3/h11-15H,4-10H2,1-3H3. The van der Waals surface area contributed by atoms with E-state index in [0.717, 1.165) is 32.8 Å². The van der Waals surface area contributed by atoms with Gasteiger partial charge in [-0.3, -0.25) is 4.90 Å². The maximum atomic E-state index is 5.69. The lowest BCUT2D eigenvalue weighted by molar-refractivity contribution is -0.00461. The molecule has 2 aliphatic heterocycles. The van der Waals surface area contributed by atoms with Crippen LogP contribution in [0.2, 0.25) is 0 Å². The lowest BCUT2D eigenvalue weighted by Crippen LogP contribution is -2.41. The second-order valence-electron chi connectivity index (χ2n) is 5.60. The zero-order valence-electron chi connectivity index (χ0n) is 12.4. The molecule has 0 aromatic heterocycles. The van der Waals surface area contributed by atoms with Crippen LogP contribution < -0.4 is 5.32 Å². The van der Waals surface area contributed by atoms with Crippen molar-refractivity contribution in [3.05, 3.63) is 0 Å². The number of rotatable bonds is 7. The molecule has 4 atom stereocenters. The van der Waals surface area contributed by atoms with Crippen molar-refractivity contribution in [2.75, 3.05) is 47.0 Å². The van der Waals surface area contributed by atoms with Gasteiger partial charge < -0.3 is 19.5 Å². The molecule has 2 saturated heterocycles. The Balaban J connectivity index is 1.63. The zero-order chi connectivity index (χ0) is 13.7. The normalized spacial score (nSPS) is 33.9. The van der Waals surface area contributed by atoms with Gasteiger partial charge in [-0.2, -0.15) is 0 Å². The third-order valence-corrected chi connectivity index (χ3v) is 4.31. The summed E-state index contributed by atoms with van der Waals surface area (Å²) in [5, 5.41) is 3.57. The molecule has 0 aliphatic carbocycles. The summed E-state index contributed by atoms with van der Waals surface area (Å²) in [6.45, 7) is 7.10. The molecule has 5 nitrogen and oxygen atoms in total. The van der Waals surface area contributed by atoms with E-state index in [9.17, 15) is 0 Å². The van der Waals surface area contributed by atoms with Gasteiger partial charge >= 0.3 is 0 Å². The fourth-order valence-electron chi connectivity index (χ4n) is 3.03. The predicted octanol–water partition coefficient (Wildman–Crippen LogP) is 0.489. The smallest absolute Gasteiger partial charge is 0.0971 e. The van der Waals surface area contributed by atoms with E-state index in [1.807, 2.05) is 0 Å². The Hall–Kier alpha value is -0.200. The Morgan fingerprint density at radius 1 is 1.26 bits per heavy atom. The van der Waals surface area contributed by atoms with E-state index in [1.165, 1.54) is 12.8 Å². The van der Waals surface area contributed by atoms with Crippen LogP contribution in [0.5, 0.6) is 0 Å². The van der Waals surface area contributed by atoms with Crippen LogP contribution in [0.1, 0.15) is 19.8 Å². The lowest BCUT2D eigenvalue weighted by Gasteiger charge is -2.22. The summed E-state index contributed by atoms with van der Waals surface area (Å²) in [6, 6.07) is 0.446. The van der Waals surface area contributed by atoms with Crippen molar-refractivity contribution in [2.24, 2.45) is 0 Å². The summed E-state index contributed by atoms with van der Waals surface area (Å²) >= 11 is 0. The van der Waals surface area contributed by atoms with Gasteiger partial charge in [0.2, 0.25) is 0 Å². The lowest BCUT2D eigenvalue weighted by atomic mass is 10.1. The van der Waals surface area contributed by atoms with E-state index in [1.54, 1.807) is 14.2 Å². The first-order valence-corrected chi connectivity index (χ1v) is 7.37. The molecule has 2 fully saturated rings. The van der Waals surface area contributed by atoms with E-state index in [0.29, 0.717) is 12.1 Å². The molecule has 1 N–H and O–H groups in total. The van der Waals surface area contributed by atoms with Gasteiger partial charge in [-0.15, -0.1) is 0 Å². The van der Waals surface area contributed by atoms with Gasteiger partial charge in [-0.1, -0.05) is 0 Å². The molecule has 0 aromatic rings. The highest BCUT2D eigenvalue weighted by molar-refractivity contribution is 4.86. The second-order valence-corrected chi connectivity index (χ2v) is 5.60. The number of nitrogens with zero attached hydrogens (tertiary/aromatic N) is 1. The van der Waals surface area contributed by atoms with Gasteiger partial charge in [-0.05, 0) is 19.8 Å². The van der Waals surface area contributed by atoms with Crippen LogP contribution in [0.4, 0.5) is 0 Å². The van der Waals surface area contributed by atoms with Crippen LogP contribution in [0, 0.1) is 0 Å². The molecule has 4 unspecified atom stereocenters. The van der Waals surface area contributed by atoms with Crippen molar-refractivity contribution in [1.82, 2.24) is 10.2 Å². The van der Waals surface area contributed by atoms with E-state index in [-0.39, 0.29) is 12.2 Å². The zero-order valence-corrected chi connectivity index (χ0v) is 12.4. The van der Waals surface area contributed by atoms with Crippen LogP contribution in [-0.4, -0.2) is 76.3 Å². The highest BCUT2D eigenvalue weighted by Gasteiger charge is 2.32. The fraction of sp³-hybridized carbons (Fsp3) is 1.00. The van der Waals surface area contributed by atoms with E-state index >= 15 is 0 Å². The van der Waals surface area contributed by atoms with Gasteiger partial charge in [0.05, 0.1) is 18.3 Å². The number of ether oxygens (including phenoxy) is 3. The maximum Gasteiger partial charge on any atom is 0.0971 e. The van der Waals surface area contributed by atoms with Crippen LogP contribution in [0.3, 0.4) is 0 Å². The Kier molecular flexibility index (Phi) is 6.04. The number of methoxy groups -OCH3 is 2. The Morgan fingerprint density at radius 2 is 1.95 bits per heavy atom. The summed E-state index contributed by atoms with van der Waals surface area (Å²) in [5.41, 5.74) is 0. The van der Waals surface area contributed by atoms with Crippen LogP contribution in [0.15, 0.2) is 0 Å². The van der Waals surface area contributed by atoms with Crippen LogP contribution >= 0.6 is 0 Å². The minimum absolute atomic E-state index is 0.209. The average molecular weight is 272 g/mol. The summed E-state index contributed by atoms with van der Waals surface area (Å²) in [5.74, 6) is 0. The molecule has 0 saturated carbocycles. The van der Waals surface area contributed by atoms with Gasteiger partial charge in [0.1, 0.15) is 0 Å². The van der Waals surface area contributed by atoms with Crippen molar-refractivity contribution in [1.29, 1.82) is 0 Å². The van der Waals surface area contributed by atoms with Crippen LogP contribution in [-0.2, 0) is 14.2 Å². The van der Waals surface area contributed by atoms with E-state index < -0.39 is 0 Å². The highest BCUT2D eigenvalue weighted by atomic mass is 16.5. The molecule has 112 valence electrons. The topological polar surface area (TPSA) is 43.0 Å². The summed E-state index contributed by atoms with van der Waals surface area (Å²) in [6.07, 6.45) is 3.21. The van der Waals surface area contributed by atoms with Gasteiger partial charge in [-0.25, -0.2) is 0 Å². The highest BCUT2D eigenvalue weighted by Crippen LogP contribution is 2.16. The third-order valence-electron chi connectivity index (χ3n) is 4.31. The molecule has 0 bridgehead atoms. The van der Waals surface area contributed by atoms with Crippen molar-refractivity contribution in [3.8, 4) is 0 Å². The molecular formula is C14H28N2O3. The van der Waals surface area contributed by atoms with Crippen molar-refractivity contribution in [2.45, 2.75) is 44.1 Å². The quantitative estimate of drug-likeness (QED) is 0.730. The van der Waals surface area contributed by atoms with Crippen molar-refractivity contribution < 1.29 is 14.2 Å². The van der Waals surface area contributed by atoms with E-state index in [4.69, 9.17) is 14.2 Å².